The van der Waals surface area contributed by atoms with Gasteiger partial charge in [0, 0.05) is 11.6 Å². The minimum absolute atomic E-state index is 0.658. The van der Waals surface area contributed by atoms with E-state index in [-0.39, 0.29) is 0 Å². The lowest BCUT2D eigenvalue weighted by Gasteiger charge is -2.10. The Bertz CT molecular complexity index is 783. The molecule has 120 valence electrons. The van der Waals surface area contributed by atoms with Crippen molar-refractivity contribution in [1.29, 1.82) is 0 Å². The third kappa shape index (κ3) is 4.00. The Morgan fingerprint density at radius 2 is 1.78 bits per heavy atom. The number of hydrogen-bond donors (Lipinski definition) is 0. The lowest BCUT2D eigenvalue weighted by molar-refractivity contribution is 0.281. The lowest BCUT2D eigenvalue weighted by atomic mass is 10.3. The SMILES string of the molecule is CN(C)CCCOc1ccc(-n2nc3ccc(Cl)cc3n2)cc1. The van der Waals surface area contributed by atoms with Crippen molar-refractivity contribution in [3.8, 4) is 11.4 Å². The molecule has 0 atom stereocenters. The van der Waals surface area contributed by atoms with Crippen LogP contribution in [-0.2, 0) is 0 Å². The largest absolute Gasteiger partial charge is 0.494 e. The molecule has 3 aromatic rings. The lowest BCUT2D eigenvalue weighted by Crippen LogP contribution is -2.15. The number of hydrogen-bond acceptors (Lipinski definition) is 4. The molecule has 0 N–H and O–H groups in total. The zero-order chi connectivity index (χ0) is 16.2. The van der Waals surface area contributed by atoms with Crippen LogP contribution in [0, 0.1) is 0 Å². The zero-order valence-electron chi connectivity index (χ0n) is 13.2. The van der Waals surface area contributed by atoms with E-state index >= 15 is 0 Å². The topological polar surface area (TPSA) is 43.2 Å². The maximum atomic E-state index is 5.98. The van der Waals surface area contributed by atoms with E-state index in [1.807, 2.05) is 42.5 Å². The Labute approximate surface area is 140 Å². The highest BCUT2D eigenvalue weighted by molar-refractivity contribution is 6.31. The molecule has 1 aromatic heterocycles. The molecule has 0 saturated heterocycles. The normalized spacial score (nSPS) is 11.3. The van der Waals surface area contributed by atoms with Crippen molar-refractivity contribution in [2.75, 3.05) is 27.2 Å². The van der Waals surface area contributed by atoms with Gasteiger partial charge in [-0.15, -0.1) is 10.2 Å². The van der Waals surface area contributed by atoms with Crippen molar-refractivity contribution >= 4 is 22.6 Å². The van der Waals surface area contributed by atoms with E-state index in [1.54, 1.807) is 4.80 Å². The molecule has 1 heterocycles. The first-order chi connectivity index (χ1) is 11.1. The van der Waals surface area contributed by atoms with Crippen molar-refractivity contribution in [3.05, 3.63) is 47.5 Å². The van der Waals surface area contributed by atoms with E-state index in [1.165, 1.54) is 0 Å². The molecular weight excluding hydrogens is 312 g/mol. The molecule has 0 spiro atoms. The highest BCUT2D eigenvalue weighted by Gasteiger charge is 2.05. The van der Waals surface area contributed by atoms with Gasteiger partial charge >= 0.3 is 0 Å². The second-order valence-corrected chi connectivity index (χ2v) is 6.06. The number of rotatable bonds is 6. The van der Waals surface area contributed by atoms with Crippen LogP contribution in [-0.4, -0.2) is 47.1 Å². The first kappa shape index (κ1) is 15.8. The van der Waals surface area contributed by atoms with Crippen molar-refractivity contribution in [3.63, 3.8) is 0 Å². The molecule has 23 heavy (non-hydrogen) atoms. The predicted octanol–water partition coefficient (Wildman–Crippen LogP) is 3.40. The first-order valence-corrected chi connectivity index (χ1v) is 7.90. The monoisotopic (exact) mass is 330 g/mol. The molecule has 0 aliphatic heterocycles. The van der Waals surface area contributed by atoms with Gasteiger partial charge in [-0.1, -0.05) is 11.6 Å². The Hall–Kier alpha value is -2.11. The van der Waals surface area contributed by atoms with E-state index in [9.17, 15) is 0 Å². The van der Waals surface area contributed by atoms with E-state index in [4.69, 9.17) is 16.3 Å². The second-order valence-electron chi connectivity index (χ2n) is 5.62. The molecule has 0 amide bonds. The van der Waals surface area contributed by atoms with Gasteiger partial charge in [-0.2, -0.15) is 4.80 Å². The fraction of sp³-hybridized carbons (Fsp3) is 0.294. The predicted molar refractivity (Wildman–Crippen MR) is 92.5 cm³/mol. The summed E-state index contributed by atoms with van der Waals surface area (Å²) in [5, 5.41) is 9.55. The average molecular weight is 331 g/mol. The highest BCUT2D eigenvalue weighted by Crippen LogP contribution is 2.19. The van der Waals surface area contributed by atoms with Gasteiger partial charge < -0.3 is 9.64 Å². The van der Waals surface area contributed by atoms with Crippen LogP contribution < -0.4 is 4.74 Å². The van der Waals surface area contributed by atoms with Crippen LogP contribution in [0.3, 0.4) is 0 Å². The van der Waals surface area contributed by atoms with Crippen molar-refractivity contribution in [2.24, 2.45) is 0 Å². The molecule has 3 rings (SSSR count). The van der Waals surface area contributed by atoms with Gasteiger partial charge in [0.2, 0.25) is 0 Å². The molecule has 6 heteroatoms. The first-order valence-electron chi connectivity index (χ1n) is 7.52. The van der Waals surface area contributed by atoms with Crippen molar-refractivity contribution < 1.29 is 4.74 Å². The van der Waals surface area contributed by atoms with E-state index in [0.717, 1.165) is 35.4 Å². The van der Waals surface area contributed by atoms with Crippen LogP contribution in [0.25, 0.3) is 16.7 Å². The van der Waals surface area contributed by atoms with Crippen LogP contribution in [0.15, 0.2) is 42.5 Å². The zero-order valence-corrected chi connectivity index (χ0v) is 14.0. The summed E-state index contributed by atoms with van der Waals surface area (Å²) in [7, 11) is 4.12. The summed E-state index contributed by atoms with van der Waals surface area (Å²) in [6.07, 6.45) is 1.00. The van der Waals surface area contributed by atoms with Gasteiger partial charge in [0.05, 0.1) is 12.3 Å². The van der Waals surface area contributed by atoms with Gasteiger partial charge in [0.1, 0.15) is 16.8 Å². The van der Waals surface area contributed by atoms with E-state index in [2.05, 4.69) is 29.2 Å². The summed E-state index contributed by atoms with van der Waals surface area (Å²) in [6.45, 7) is 1.73. The molecule has 0 saturated carbocycles. The van der Waals surface area contributed by atoms with Gasteiger partial charge in [0.15, 0.2) is 0 Å². The third-order valence-corrected chi connectivity index (χ3v) is 3.66. The summed E-state index contributed by atoms with van der Waals surface area (Å²) in [4.78, 5) is 3.75. The molecule has 5 nitrogen and oxygen atoms in total. The van der Waals surface area contributed by atoms with Crippen LogP contribution in [0.4, 0.5) is 0 Å². The Kier molecular flexibility index (Phi) is 4.79. The van der Waals surface area contributed by atoms with Gasteiger partial charge in [0.25, 0.3) is 0 Å². The fourth-order valence-electron chi connectivity index (χ4n) is 2.25. The van der Waals surface area contributed by atoms with Crippen molar-refractivity contribution in [1.82, 2.24) is 19.9 Å². The standard InChI is InChI=1S/C17H19ClN4O/c1-21(2)10-3-11-23-15-7-5-14(6-8-15)22-19-16-9-4-13(18)12-17(16)20-22/h4-9,12H,3,10-11H2,1-2H3. The third-order valence-electron chi connectivity index (χ3n) is 3.43. The van der Waals surface area contributed by atoms with Crippen molar-refractivity contribution in [2.45, 2.75) is 6.42 Å². The number of fused-ring (bicyclic) bond motifs is 1. The van der Waals surface area contributed by atoms with Crippen LogP contribution >= 0.6 is 11.6 Å². The Balaban J connectivity index is 1.68. The molecule has 0 aliphatic rings. The summed E-state index contributed by atoms with van der Waals surface area (Å²) in [5.41, 5.74) is 2.48. The molecule has 0 bridgehead atoms. The number of benzene rings is 2. The number of halogens is 1. The fourth-order valence-corrected chi connectivity index (χ4v) is 2.42. The molecule has 0 unspecified atom stereocenters. The molecule has 0 aliphatic carbocycles. The van der Waals surface area contributed by atoms with Gasteiger partial charge in [-0.3, -0.25) is 0 Å². The minimum Gasteiger partial charge on any atom is -0.494 e. The number of aromatic nitrogens is 3. The van der Waals surface area contributed by atoms with Gasteiger partial charge in [-0.25, -0.2) is 0 Å². The second kappa shape index (κ2) is 6.98. The molecular formula is C17H19ClN4O. The summed E-state index contributed by atoms with van der Waals surface area (Å²) in [5.74, 6) is 0.854. The Morgan fingerprint density at radius 1 is 1.04 bits per heavy atom. The minimum atomic E-state index is 0.658. The average Bonchev–Trinajstić information content (AvgIpc) is 2.95. The summed E-state index contributed by atoms with van der Waals surface area (Å²) in [6, 6.07) is 13.3. The summed E-state index contributed by atoms with van der Waals surface area (Å²) < 4.78 is 5.73. The maximum Gasteiger partial charge on any atom is 0.119 e. The molecule has 0 fully saturated rings. The van der Waals surface area contributed by atoms with Gasteiger partial charge in [-0.05, 0) is 63.0 Å². The van der Waals surface area contributed by atoms with E-state index in [0.29, 0.717) is 11.6 Å². The summed E-state index contributed by atoms with van der Waals surface area (Å²) >= 11 is 5.98. The highest BCUT2D eigenvalue weighted by atomic mass is 35.5. The molecule has 2 aromatic carbocycles. The van der Waals surface area contributed by atoms with E-state index < -0.39 is 0 Å². The number of ether oxygens (including phenoxy) is 1. The van der Waals surface area contributed by atoms with Crippen LogP contribution in [0.1, 0.15) is 6.42 Å². The number of nitrogens with zero attached hydrogens (tertiary/aromatic N) is 4. The Morgan fingerprint density at radius 3 is 2.52 bits per heavy atom. The molecule has 0 radical (unpaired) electrons. The van der Waals surface area contributed by atoms with Crippen LogP contribution in [0.2, 0.25) is 5.02 Å². The smallest absolute Gasteiger partial charge is 0.119 e. The maximum absolute atomic E-state index is 5.98. The quantitative estimate of drug-likeness (QED) is 0.650. The van der Waals surface area contributed by atoms with Crippen LogP contribution in [0.5, 0.6) is 5.75 Å².